The fraction of sp³-hybridized carbons (Fsp3) is 0.375. The van der Waals surface area contributed by atoms with Gasteiger partial charge in [0.25, 0.3) is 5.92 Å². The highest BCUT2D eigenvalue weighted by Crippen LogP contribution is 2.36. The Labute approximate surface area is 181 Å². The van der Waals surface area contributed by atoms with Gasteiger partial charge in [-0.1, -0.05) is 12.1 Å². The lowest BCUT2D eigenvalue weighted by Gasteiger charge is -2.33. The van der Waals surface area contributed by atoms with Gasteiger partial charge in [0.15, 0.2) is 5.82 Å². The van der Waals surface area contributed by atoms with Crippen LogP contribution >= 0.6 is 0 Å². The number of pyridine rings is 1. The molecule has 0 saturated carbocycles. The van der Waals surface area contributed by atoms with E-state index in [1.807, 2.05) is 47.5 Å². The van der Waals surface area contributed by atoms with Crippen LogP contribution in [0.2, 0.25) is 0 Å². The van der Waals surface area contributed by atoms with Crippen molar-refractivity contribution in [2.24, 2.45) is 0 Å². The van der Waals surface area contributed by atoms with E-state index in [0.717, 1.165) is 47.9 Å². The number of piperidine rings is 1. The second-order valence-corrected chi connectivity index (χ2v) is 8.08. The first-order chi connectivity index (χ1) is 14.9. The predicted molar refractivity (Wildman–Crippen MR) is 116 cm³/mol. The number of ether oxygens (including phenoxy) is 1. The molecule has 0 radical (unpaired) electrons. The maximum atomic E-state index is 13.4. The number of alkyl halides is 2. The molecule has 0 aliphatic carbocycles. The third-order valence-electron chi connectivity index (χ3n) is 5.61. The Morgan fingerprint density at radius 2 is 1.84 bits per heavy atom. The van der Waals surface area contributed by atoms with Gasteiger partial charge in [-0.2, -0.15) is 0 Å². The largest absolute Gasteiger partial charge is 0.497 e. The third-order valence-corrected chi connectivity index (χ3v) is 5.61. The molecule has 0 unspecified atom stereocenters. The molecule has 1 fully saturated rings. The number of aromatic nitrogens is 3. The van der Waals surface area contributed by atoms with Crippen molar-refractivity contribution in [3.05, 3.63) is 60.7 Å². The van der Waals surface area contributed by atoms with E-state index < -0.39 is 5.92 Å². The zero-order chi connectivity index (χ0) is 21.8. The zero-order valence-electron chi connectivity index (χ0n) is 17.8. The highest BCUT2D eigenvalue weighted by Gasteiger charge is 2.30. The van der Waals surface area contributed by atoms with Gasteiger partial charge in [-0.25, -0.2) is 18.7 Å². The molecule has 3 aromatic rings. The number of methoxy groups -OCH3 is 1. The molecule has 5 nitrogen and oxygen atoms in total. The molecule has 0 amide bonds. The molecule has 0 bridgehead atoms. The van der Waals surface area contributed by atoms with Gasteiger partial charge in [-0.15, -0.1) is 0 Å². The predicted octanol–water partition coefficient (Wildman–Crippen LogP) is 5.05. The molecule has 162 valence electrons. The minimum Gasteiger partial charge on any atom is -0.497 e. The second kappa shape index (κ2) is 9.06. The van der Waals surface area contributed by atoms with Crippen LogP contribution in [0.5, 0.6) is 5.75 Å². The van der Waals surface area contributed by atoms with Gasteiger partial charge in [-0.05, 0) is 55.8 Å². The summed E-state index contributed by atoms with van der Waals surface area (Å²) < 4.78 is 32.3. The van der Waals surface area contributed by atoms with Gasteiger partial charge >= 0.3 is 0 Å². The van der Waals surface area contributed by atoms with Crippen LogP contribution in [-0.4, -0.2) is 52.5 Å². The standard InChI is InChI=1S/C24H26F2N4O/c1-24(25,26)16-30-12-8-17(9-13-30)22-21(19-4-3-5-20(14-19)31-2)15-28-23(29-22)18-6-10-27-11-7-18/h3-7,10-11,14-15,17H,8-9,12-13,16H2,1-2H3. The summed E-state index contributed by atoms with van der Waals surface area (Å²) in [5, 5.41) is 0. The molecule has 1 aromatic carbocycles. The summed E-state index contributed by atoms with van der Waals surface area (Å²) in [5.41, 5.74) is 3.80. The molecule has 4 rings (SSSR count). The van der Waals surface area contributed by atoms with Crippen molar-refractivity contribution in [3.63, 3.8) is 0 Å². The number of hydrogen-bond acceptors (Lipinski definition) is 5. The van der Waals surface area contributed by atoms with Crippen LogP contribution in [0.25, 0.3) is 22.5 Å². The van der Waals surface area contributed by atoms with Gasteiger partial charge < -0.3 is 4.74 Å². The molecule has 0 N–H and O–H groups in total. The quantitative estimate of drug-likeness (QED) is 0.554. The Kier molecular flexibility index (Phi) is 6.23. The summed E-state index contributed by atoms with van der Waals surface area (Å²) in [4.78, 5) is 15.5. The smallest absolute Gasteiger partial charge is 0.257 e. The number of benzene rings is 1. The molecule has 3 heterocycles. The van der Waals surface area contributed by atoms with Gasteiger partial charge in [0.2, 0.25) is 0 Å². The number of halogens is 2. The van der Waals surface area contributed by atoms with E-state index in [4.69, 9.17) is 9.72 Å². The Balaban J connectivity index is 1.68. The van der Waals surface area contributed by atoms with E-state index in [1.165, 1.54) is 0 Å². The summed E-state index contributed by atoms with van der Waals surface area (Å²) >= 11 is 0. The van der Waals surface area contributed by atoms with Crippen molar-refractivity contribution in [2.75, 3.05) is 26.7 Å². The number of rotatable bonds is 6. The van der Waals surface area contributed by atoms with Crippen LogP contribution in [0.3, 0.4) is 0 Å². The SMILES string of the molecule is COc1cccc(-c2cnc(-c3ccncc3)nc2C2CCN(CC(C)(F)F)CC2)c1. The van der Waals surface area contributed by atoms with Crippen LogP contribution in [0.1, 0.15) is 31.4 Å². The Hall–Kier alpha value is -2.93. The Morgan fingerprint density at radius 1 is 1.10 bits per heavy atom. The Morgan fingerprint density at radius 3 is 2.52 bits per heavy atom. The van der Waals surface area contributed by atoms with Crippen LogP contribution in [-0.2, 0) is 0 Å². The van der Waals surface area contributed by atoms with Crippen LogP contribution < -0.4 is 4.74 Å². The van der Waals surface area contributed by atoms with Gasteiger partial charge in [0.1, 0.15) is 5.75 Å². The minimum atomic E-state index is -2.68. The molecule has 1 aliphatic rings. The first kappa shape index (κ1) is 21.3. The van der Waals surface area contributed by atoms with Crippen molar-refractivity contribution in [1.29, 1.82) is 0 Å². The van der Waals surface area contributed by atoms with E-state index in [-0.39, 0.29) is 12.5 Å². The maximum absolute atomic E-state index is 13.4. The monoisotopic (exact) mass is 424 g/mol. The number of nitrogens with zero attached hydrogens (tertiary/aromatic N) is 4. The van der Waals surface area contributed by atoms with Gasteiger partial charge in [0.05, 0.1) is 19.3 Å². The zero-order valence-corrected chi connectivity index (χ0v) is 17.8. The highest BCUT2D eigenvalue weighted by atomic mass is 19.3. The number of likely N-dealkylation sites (tertiary alicyclic amines) is 1. The van der Waals surface area contributed by atoms with Gasteiger partial charge in [-0.3, -0.25) is 9.88 Å². The topological polar surface area (TPSA) is 51.1 Å². The average Bonchev–Trinajstić information content (AvgIpc) is 2.79. The van der Waals surface area contributed by atoms with E-state index in [2.05, 4.69) is 9.97 Å². The summed E-state index contributed by atoms with van der Waals surface area (Å²) in [6.07, 6.45) is 6.86. The van der Waals surface area contributed by atoms with Crippen molar-refractivity contribution in [2.45, 2.75) is 31.6 Å². The summed E-state index contributed by atoms with van der Waals surface area (Å²) in [6.45, 7) is 2.03. The molecular weight excluding hydrogens is 398 g/mol. The fourth-order valence-corrected chi connectivity index (χ4v) is 4.12. The molecule has 0 atom stereocenters. The van der Waals surface area contributed by atoms with E-state index in [0.29, 0.717) is 18.9 Å². The third kappa shape index (κ3) is 5.22. The second-order valence-electron chi connectivity index (χ2n) is 8.08. The van der Waals surface area contributed by atoms with Crippen LogP contribution in [0, 0.1) is 0 Å². The maximum Gasteiger partial charge on any atom is 0.257 e. The van der Waals surface area contributed by atoms with Gasteiger partial charge in [0, 0.05) is 42.6 Å². The summed E-state index contributed by atoms with van der Waals surface area (Å²) in [7, 11) is 1.64. The summed E-state index contributed by atoms with van der Waals surface area (Å²) in [6, 6.07) is 11.6. The van der Waals surface area contributed by atoms with Crippen molar-refractivity contribution >= 4 is 0 Å². The molecule has 7 heteroatoms. The molecule has 1 saturated heterocycles. The average molecular weight is 424 g/mol. The van der Waals surface area contributed by atoms with Crippen LogP contribution in [0.4, 0.5) is 8.78 Å². The number of hydrogen-bond donors (Lipinski definition) is 0. The highest BCUT2D eigenvalue weighted by molar-refractivity contribution is 5.69. The van der Waals surface area contributed by atoms with Crippen molar-refractivity contribution in [1.82, 2.24) is 19.9 Å². The lowest BCUT2D eigenvalue weighted by atomic mass is 9.88. The molecule has 0 spiro atoms. The molecular formula is C24H26F2N4O. The normalized spacial score (nSPS) is 15.7. The lowest BCUT2D eigenvalue weighted by Crippen LogP contribution is -2.40. The fourth-order valence-electron chi connectivity index (χ4n) is 4.12. The molecule has 31 heavy (non-hydrogen) atoms. The summed E-state index contributed by atoms with van der Waals surface area (Å²) in [5.74, 6) is -1.10. The minimum absolute atomic E-state index is 0.173. The molecule has 2 aromatic heterocycles. The Bertz CT molecular complexity index is 1020. The lowest BCUT2D eigenvalue weighted by molar-refractivity contribution is -0.0199. The first-order valence-corrected chi connectivity index (χ1v) is 10.4. The van der Waals surface area contributed by atoms with Crippen molar-refractivity contribution < 1.29 is 13.5 Å². The van der Waals surface area contributed by atoms with E-state index in [9.17, 15) is 8.78 Å². The van der Waals surface area contributed by atoms with E-state index >= 15 is 0 Å². The molecule has 1 aliphatic heterocycles. The van der Waals surface area contributed by atoms with Crippen LogP contribution in [0.15, 0.2) is 55.0 Å². The van der Waals surface area contributed by atoms with E-state index in [1.54, 1.807) is 19.5 Å². The first-order valence-electron chi connectivity index (χ1n) is 10.4. The van der Waals surface area contributed by atoms with Crippen molar-refractivity contribution in [3.8, 4) is 28.3 Å².